The van der Waals surface area contributed by atoms with Gasteiger partial charge in [0.15, 0.2) is 0 Å². The number of aromatic carboxylic acids is 1. The molecule has 0 aliphatic carbocycles. The zero-order chi connectivity index (χ0) is 12.3. The second kappa shape index (κ2) is 4.48. The highest BCUT2D eigenvalue weighted by Gasteiger charge is 2.16. The maximum Gasteiger partial charge on any atom is 0.337 e. The Balaban J connectivity index is 2.99. The van der Waals surface area contributed by atoms with Gasteiger partial charge in [0.1, 0.15) is 0 Å². The fraction of sp³-hybridized carbons (Fsp3) is 0.333. The molecule has 0 aliphatic rings. The van der Waals surface area contributed by atoms with Crippen LogP contribution in [0.15, 0.2) is 18.5 Å². The van der Waals surface area contributed by atoms with E-state index >= 15 is 0 Å². The molecule has 0 aliphatic heterocycles. The number of hydrogen-bond acceptors (Lipinski definition) is 4. The molecule has 0 amide bonds. The summed E-state index contributed by atoms with van der Waals surface area (Å²) < 4.78 is 25.2. The molecule has 0 unspecified atom stereocenters. The fourth-order valence-electron chi connectivity index (χ4n) is 0.895. The van der Waals surface area contributed by atoms with Crippen LogP contribution in [0.5, 0.6) is 0 Å². The first kappa shape index (κ1) is 12.4. The van der Waals surface area contributed by atoms with E-state index in [1.807, 2.05) is 0 Å². The number of rotatable bonds is 4. The van der Waals surface area contributed by atoms with Crippen LogP contribution in [-0.2, 0) is 10.0 Å². The Morgan fingerprint density at radius 3 is 2.56 bits per heavy atom. The summed E-state index contributed by atoms with van der Waals surface area (Å²) in [5, 5.41) is 8.10. The van der Waals surface area contributed by atoms with Crippen molar-refractivity contribution in [3.05, 3.63) is 24.0 Å². The van der Waals surface area contributed by atoms with Crippen LogP contribution in [0.2, 0.25) is 0 Å². The smallest absolute Gasteiger partial charge is 0.337 e. The lowest BCUT2D eigenvalue weighted by atomic mass is 10.3. The number of nitrogens with one attached hydrogen (secondary N) is 1. The summed E-state index contributed by atoms with van der Waals surface area (Å²) >= 11 is 0. The van der Waals surface area contributed by atoms with Crippen LogP contribution in [0.25, 0.3) is 0 Å². The standard InChI is InChI=1S/C9H12N2O4S/c1-6(2)16(14,15)11-8-3-7(9(12)13)4-10-5-8/h3-6,11H,1-2H3,(H,12,13). The lowest BCUT2D eigenvalue weighted by molar-refractivity contribution is 0.0696. The lowest BCUT2D eigenvalue weighted by Crippen LogP contribution is -2.22. The Morgan fingerprint density at radius 2 is 2.06 bits per heavy atom. The van der Waals surface area contributed by atoms with Crippen molar-refractivity contribution < 1.29 is 18.3 Å². The number of hydrogen-bond donors (Lipinski definition) is 2. The molecule has 1 rings (SSSR count). The van der Waals surface area contributed by atoms with Gasteiger partial charge in [-0.05, 0) is 19.9 Å². The van der Waals surface area contributed by atoms with Gasteiger partial charge in [0.25, 0.3) is 0 Å². The molecular formula is C9H12N2O4S. The van der Waals surface area contributed by atoms with Gasteiger partial charge in [0.05, 0.1) is 22.7 Å². The average Bonchev–Trinajstić information content (AvgIpc) is 2.17. The summed E-state index contributed by atoms with van der Waals surface area (Å²) in [5.41, 5.74) is 0.0811. The maximum absolute atomic E-state index is 11.5. The van der Waals surface area contributed by atoms with Crippen molar-refractivity contribution in [1.82, 2.24) is 4.98 Å². The number of carboxylic acids is 1. The van der Waals surface area contributed by atoms with Crippen molar-refractivity contribution in [2.45, 2.75) is 19.1 Å². The van der Waals surface area contributed by atoms with Crippen molar-refractivity contribution in [3.63, 3.8) is 0 Å². The highest BCUT2D eigenvalue weighted by Crippen LogP contribution is 2.12. The Morgan fingerprint density at radius 1 is 1.44 bits per heavy atom. The molecule has 0 atom stereocenters. The first-order valence-corrected chi connectivity index (χ1v) is 6.07. The predicted molar refractivity (Wildman–Crippen MR) is 58.9 cm³/mol. The molecule has 1 aromatic rings. The van der Waals surface area contributed by atoms with Crippen LogP contribution in [0.3, 0.4) is 0 Å². The van der Waals surface area contributed by atoms with Crippen LogP contribution >= 0.6 is 0 Å². The van der Waals surface area contributed by atoms with E-state index in [1.165, 1.54) is 26.1 Å². The minimum absolute atomic E-state index is 0.0658. The molecule has 6 nitrogen and oxygen atoms in total. The van der Waals surface area contributed by atoms with Crippen molar-refractivity contribution in [2.24, 2.45) is 0 Å². The van der Waals surface area contributed by atoms with E-state index < -0.39 is 21.2 Å². The summed E-state index contributed by atoms with van der Waals surface area (Å²) in [6.07, 6.45) is 2.40. The zero-order valence-corrected chi connectivity index (χ0v) is 9.65. The van der Waals surface area contributed by atoms with Crippen LogP contribution in [0.4, 0.5) is 5.69 Å². The Hall–Kier alpha value is -1.63. The van der Waals surface area contributed by atoms with Gasteiger partial charge in [-0.1, -0.05) is 0 Å². The molecule has 0 bridgehead atoms. The molecule has 0 spiro atoms. The van der Waals surface area contributed by atoms with Crippen LogP contribution in [0.1, 0.15) is 24.2 Å². The van der Waals surface area contributed by atoms with Gasteiger partial charge >= 0.3 is 5.97 Å². The molecule has 1 aromatic heterocycles. The quantitative estimate of drug-likeness (QED) is 0.821. The number of carboxylic acid groups (broad SMARTS) is 1. The molecular weight excluding hydrogens is 232 g/mol. The largest absolute Gasteiger partial charge is 0.478 e. The average molecular weight is 244 g/mol. The number of sulfonamides is 1. The maximum atomic E-state index is 11.5. The van der Waals surface area contributed by atoms with Gasteiger partial charge in [-0.3, -0.25) is 9.71 Å². The molecule has 16 heavy (non-hydrogen) atoms. The summed E-state index contributed by atoms with van der Waals surface area (Å²) in [7, 11) is -3.48. The van der Waals surface area contributed by atoms with Crippen LogP contribution in [-0.4, -0.2) is 29.7 Å². The van der Waals surface area contributed by atoms with E-state index in [1.54, 1.807) is 0 Å². The SMILES string of the molecule is CC(C)S(=O)(=O)Nc1cncc(C(=O)O)c1. The van der Waals surface area contributed by atoms with E-state index in [9.17, 15) is 13.2 Å². The predicted octanol–water partition coefficient (Wildman–Crippen LogP) is 0.930. The van der Waals surface area contributed by atoms with Crippen molar-refractivity contribution in [1.29, 1.82) is 0 Å². The second-order valence-electron chi connectivity index (χ2n) is 3.46. The second-order valence-corrected chi connectivity index (χ2v) is 5.70. The summed E-state index contributed by atoms with van der Waals surface area (Å²) in [4.78, 5) is 14.3. The molecule has 88 valence electrons. The molecule has 0 fully saturated rings. The minimum Gasteiger partial charge on any atom is -0.478 e. The van der Waals surface area contributed by atoms with Gasteiger partial charge in [0.2, 0.25) is 10.0 Å². The normalized spacial score (nSPS) is 11.4. The van der Waals surface area contributed by atoms with Crippen molar-refractivity contribution >= 4 is 21.7 Å². The summed E-state index contributed by atoms with van der Waals surface area (Å²) in [6.45, 7) is 3.05. The van der Waals surface area contributed by atoms with E-state index in [0.717, 1.165) is 6.20 Å². The highest BCUT2D eigenvalue weighted by molar-refractivity contribution is 7.93. The number of nitrogens with zero attached hydrogens (tertiary/aromatic N) is 1. The fourth-order valence-corrected chi connectivity index (χ4v) is 1.57. The molecule has 0 radical (unpaired) electrons. The number of anilines is 1. The van der Waals surface area contributed by atoms with Gasteiger partial charge in [-0.25, -0.2) is 13.2 Å². The highest BCUT2D eigenvalue weighted by atomic mass is 32.2. The zero-order valence-electron chi connectivity index (χ0n) is 8.84. The molecule has 1 heterocycles. The monoisotopic (exact) mass is 244 g/mol. The first-order chi connectivity index (χ1) is 7.33. The van der Waals surface area contributed by atoms with E-state index in [-0.39, 0.29) is 11.3 Å². The summed E-state index contributed by atoms with van der Waals surface area (Å²) in [5.74, 6) is -1.15. The Labute approximate surface area is 93.4 Å². The van der Waals surface area contributed by atoms with Crippen molar-refractivity contribution in [2.75, 3.05) is 4.72 Å². The molecule has 0 saturated heterocycles. The van der Waals surface area contributed by atoms with E-state index in [2.05, 4.69) is 9.71 Å². The summed E-state index contributed by atoms with van der Waals surface area (Å²) in [6, 6.07) is 1.22. The molecule has 0 saturated carbocycles. The first-order valence-electron chi connectivity index (χ1n) is 4.53. The van der Waals surface area contributed by atoms with Crippen molar-refractivity contribution in [3.8, 4) is 0 Å². The third kappa shape index (κ3) is 2.93. The molecule has 7 heteroatoms. The third-order valence-corrected chi connectivity index (χ3v) is 3.63. The van der Waals surface area contributed by atoms with Crippen LogP contribution in [0, 0.1) is 0 Å². The molecule has 0 aromatic carbocycles. The van der Waals surface area contributed by atoms with Gasteiger partial charge in [0, 0.05) is 6.20 Å². The van der Waals surface area contributed by atoms with E-state index in [4.69, 9.17) is 5.11 Å². The Bertz CT molecular complexity index is 496. The topological polar surface area (TPSA) is 96.4 Å². The van der Waals surface area contributed by atoms with Crippen LogP contribution < -0.4 is 4.72 Å². The van der Waals surface area contributed by atoms with E-state index in [0.29, 0.717) is 0 Å². The third-order valence-electron chi connectivity index (χ3n) is 1.87. The van der Waals surface area contributed by atoms with Gasteiger partial charge in [-0.15, -0.1) is 0 Å². The molecule has 2 N–H and O–H groups in total. The Kier molecular flexibility index (Phi) is 3.48. The number of carbonyl (C=O) groups is 1. The minimum atomic E-state index is -3.48. The van der Waals surface area contributed by atoms with Gasteiger partial charge in [-0.2, -0.15) is 0 Å². The number of aromatic nitrogens is 1. The van der Waals surface area contributed by atoms with Gasteiger partial charge < -0.3 is 5.11 Å². The number of pyridine rings is 1. The lowest BCUT2D eigenvalue weighted by Gasteiger charge is -2.10.